The number of nitrogens with zero attached hydrogens (tertiary/aromatic N) is 1. The molecule has 0 aromatic carbocycles. The molecule has 2 heteroatoms. The summed E-state index contributed by atoms with van der Waals surface area (Å²) in [6.07, 6.45) is 2.68. The Morgan fingerprint density at radius 2 is 1.81 bits per heavy atom. The fourth-order valence-corrected chi connectivity index (χ4v) is 3.06. The Balaban J connectivity index is 2.44. The van der Waals surface area contributed by atoms with Crippen LogP contribution in [-0.4, -0.2) is 37.6 Å². The van der Waals surface area contributed by atoms with Gasteiger partial charge in [-0.2, -0.15) is 0 Å². The highest BCUT2D eigenvalue weighted by Gasteiger charge is 2.24. The minimum atomic E-state index is 0.655. The highest BCUT2D eigenvalue weighted by molar-refractivity contribution is 4.80. The molecule has 4 unspecified atom stereocenters. The van der Waals surface area contributed by atoms with Gasteiger partial charge < -0.3 is 10.2 Å². The average molecular weight is 226 g/mol. The molecule has 0 aromatic rings. The van der Waals surface area contributed by atoms with E-state index in [9.17, 15) is 0 Å². The summed E-state index contributed by atoms with van der Waals surface area (Å²) in [7, 11) is 2.10. The first kappa shape index (κ1) is 14.0. The first-order valence-corrected chi connectivity index (χ1v) is 6.96. The number of hydrogen-bond donors (Lipinski definition) is 1. The van der Waals surface area contributed by atoms with Gasteiger partial charge in [-0.05, 0) is 31.2 Å². The smallest absolute Gasteiger partial charge is 0.0217 e. The number of likely N-dealkylation sites (N-methyl/N-ethyl adjacent to an activating group) is 1. The van der Waals surface area contributed by atoms with Crippen molar-refractivity contribution >= 4 is 0 Å². The summed E-state index contributed by atoms with van der Waals surface area (Å²) in [6, 6.07) is 0.655. The van der Waals surface area contributed by atoms with Crippen LogP contribution in [0.25, 0.3) is 0 Å². The molecule has 1 N–H and O–H groups in total. The summed E-state index contributed by atoms with van der Waals surface area (Å²) < 4.78 is 0. The molecule has 0 amide bonds. The van der Waals surface area contributed by atoms with Crippen LogP contribution in [0.15, 0.2) is 0 Å². The van der Waals surface area contributed by atoms with Crippen LogP contribution in [0, 0.1) is 17.8 Å². The van der Waals surface area contributed by atoms with Crippen LogP contribution in [0.3, 0.4) is 0 Å². The van der Waals surface area contributed by atoms with Crippen LogP contribution in [0.4, 0.5) is 0 Å². The summed E-state index contributed by atoms with van der Waals surface area (Å²) in [4.78, 5) is 2.66. The third-order valence-corrected chi connectivity index (χ3v) is 4.10. The molecule has 0 spiro atoms. The van der Waals surface area contributed by atoms with E-state index < -0.39 is 0 Å². The summed E-state index contributed by atoms with van der Waals surface area (Å²) in [5, 5.41) is 3.49. The third-order valence-electron chi connectivity index (χ3n) is 4.10. The standard InChI is InChI=1S/C14H30N2/c1-6-13(4)14(15-5)10-16-8-11(2)7-12(3)9-16/h11-15H,6-10H2,1-5H3. The number of hydrogen-bond acceptors (Lipinski definition) is 2. The van der Waals surface area contributed by atoms with Gasteiger partial charge in [0.15, 0.2) is 0 Å². The maximum absolute atomic E-state index is 3.49. The van der Waals surface area contributed by atoms with Crippen molar-refractivity contribution in [3.05, 3.63) is 0 Å². The molecule has 0 radical (unpaired) electrons. The SMILES string of the molecule is CCC(C)C(CN1CC(C)CC(C)C1)NC. The number of likely N-dealkylation sites (tertiary alicyclic amines) is 1. The van der Waals surface area contributed by atoms with Gasteiger partial charge >= 0.3 is 0 Å². The minimum Gasteiger partial charge on any atom is -0.315 e. The lowest BCUT2D eigenvalue weighted by molar-refractivity contribution is 0.119. The Hall–Kier alpha value is -0.0800. The van der Waals surface area contributed by atoms with Gasteiger partial charge in [-0.1, -0.05) is 34.1 Å². The lowest BCUT2D eigenvalue weighted by Gasteiger charge is -2.38. The Bertz CT molecular complexity index is 183. The van der Waals surface area contributed by atoms with Crippen LogP contribution in [0.2, 0.25) is 0 Å². The third kappa shape index (κ3) is 4.06. The molecule has 0 aromatic heterocycles. The van der Waals surface area contributed by atoms with E-state index in [1.807, 2.05) is 0 Å². The molecule has 4 atom stereocenters. The van der Waals surface area contributed by atoms with E-state index in [1.54, 1.807) is 0 Å². The van der Waals surface area contributed by atoms with E-state index in [1.165, 1.54) is 32.5 Å². The van der Waals surface area contributed by atoms with Crippen molar-refractivity contribution in [3.63, 3.8) is 0 Å². The molecule has 0 saturated carbocycles. The van der Waals surface area contributed by atoms with E-state index in [0.29, 0.717) is 6.04 Å². The summed E-state index contributed by atoms with van der Waals surface area (Å²) in [5.74, 6) is 2.52. The second-order valence-corrected chi connectivity index (χ2v) is 5.95. The van der Waals surface area contributed by atoms with Gasteiger partial charge in [0.2, 0.25) is 0 Å². The van der Waals surface area contributed by atoms with E-state index in [2.05, 4.69) is 45.0 Å². The number of rotatable bonds is 5. The molecule has 1 fully saturated rings. The highest BCUT2D eigenvalue weighted by atomic mass is 15.2. The first-order valence-electron chi connectivity index (χ1n) is 6.96. The molecule has 1 heterocycles. The molecule has 0 bridgehead atoms. The van der Waals surface area contributed by atoms with E-state index >= 15 is 0 Å². The number of nitrogens with one attached hydrogen (secondary N) is 1. The van der Waals surface area contributed by atoms with Crippen molar-refractivity contribution in [2.75, 3.05) is 26.7 Å². The van der Waals surface area contributed by atoms with Crippen LogP contribution in [-0.2, 0) is 0 Å². The highest BCUT2D eigenvalue weighted by Crippen LogP contribution is 2.22. The first-order chi connectivity index (χ1) is 7.56. The fourth-order valence-electron chi connectivity index (χ4n) is 3.06. The maximum atomic E-state index is 3.49. The van der Waals surface area contributed by atoms with Crippen LogP contribution < -0.4 is 5.32 Å². The largest absolute Gasteiger partial charge is 0.315 e. The zero-order chi connectivity index (χ0) is 12.1. The van der Waals surface area contributed by atoms with Gasteiger partial charge in [-0.25, -0.2) is 0 Å². The normalized spacial score (nSPS) is 31.3. The average Bonchev–Trinajstić information content (AvgIpc) is 2.23. The lowest BCUT2D eigenvalue weighted by Crippen LogP contribution is -2.48. The van der Waals surface area contributed by atoms with Gasteiger partial charge in [0.25, 0.3) is 0 Å². The quantitative estimate of drug-likeness (QED) is 0.775. The zero-order valence-electron chi connectivity index (χ0n) is 11.8. The van der Waals surface area contributed by atoms with E-state index in [-0.39, 0.29) is 0 Å². The monoisotopic (exact) mass is 226 g/mol. The minimum absolute atomic E-state index is 0.655. The van der Waals surface area contributed by atoms with Crippen molar-refractivity contribution in [1.82, 2.24) is 10.2 Å². The molecule has 1 rings (SSSR count). The predicted molar refractivity (Wildman–Crippen MR) is 71.7 cm³/mol. The summed E-state index contributed by atoms with van der Waals surface area (Å²) >= 11 is 0. The van der Waals surface area contributed by atoms with Gasteiger partial charge in [0.05, 0.1) is 0 Å². The molecule has 1 aliphatic rings. The number of piperidine rings is 1. The van der Waals surface area contributed by atoms with Crippen LogP contribution in [0.1, 0.15) is 40.5 Å². The fraction of sp³-hybridized carbons (Fsp3) is 1.00. The van der Waals surface area contributed by atoms with Gasteiger partial charge in [-0.15, -0.1) is 0 Å². The molecule has 0 aliphatic carbocycles. The predicted octanol–water partition coefficient (Wildman–Crippen LogP) is 2.60. The lowest BCUT2D eigenvalue weighted by atomic mass is 9.90. The van der Waals surface area contributed by atoms with Gasteiger partial charge in [0.1, 0.15) is 0 Å². The maximum Gasteiger partial charge on any atom is 0.0217 e. The topological polar surface area (TPSA) is 15.3 Å². The zero-order valence-corrected chi connectivity index (χ0v) is 11.8. The second-order valence-electron chi connectivity index (χ2n) is 5.95. The van der Waals surface area contributed by atoms with Crippen molar-refractivity contribution in [1.29, 1.82) is 0 Å². The Kier molecular flexibility index (Phi) is 5.77. The summed E-state index contributed by atoms with van der Waals surface area (Å²) in [6.45, 7) is 13.2. The van der Waals surface area contributed by atoms with Crippen molar-refractivity contribution in [2.24, 2.45) is 17.8 Å². The van der Waals surface area contributed by atoms with E-state index in [4.69, 9.17) is 0 Å². The van der Waals surface area contributed by atoms with Crippen LogP contribution >= 0.6 is 0 Å². The molecular formula is C14H30N2. The molecule has 96 valence electrons. The summed E-state index contributed by atoms with van der Waals surface area (Å²) in [5.41, 5.74) is 0. The van der Waals surface area contributed by atoms with Gasteiger partial charge in [0, 0.05) is 25.7 Å². The molecule has 1 saturated heterocycles. The molecule has 2 nitrogen and oxygen atoms in total. The van der Waals surface area contributed by atoms with Crippen molar-refractivity contribution in [2.45, 2.75) is 46.6 Å². The molecular weight excluding hydrogens is 196 g/mol. The van der Waals surface area contributed by atoms with E-state index in [0.717, 1.165) is 17.8 Å². The molecule has 1 aliphatic heterocycles. The van der Waals surface area contributed by atoms with Crippen molar-refractivity contribution in [3.8, 4) is 0 Å². The Morgan fingerprint density at radius 3 is 2.25 bits per heavy atom. The molecule has 16 heavy (non-hydrogen) atoms. The Labute approximate surface area is 102 Å². The van der Waals surface area contributed by atoms with Gasteiger partial charge in [-0.3, -0.25) is 0 Å². The second kappa shape index (κ2) is 6.61. The van der Waals surface area contributed by atoms with Crippen LogP contribution in [0.5, 0.6) is 0 Å². The van der Waals surface area contributed by atoms with Crippen molar-refractivity contribution < 1.29 is 0 Å². The Morgan fingerprint density at radius 1 is 1.25 bits per heavy atom.